The highest BCUT2D eigenvalue weighted by Gasteiger charge is 2.29. The van der Waals surface area contributed by atoms with Crippen LogP contribution in [-0.2, 0) is 11.2 Å². The molecule has 0 spiro atoms. The summed E-state index contributed by atoms with van der Waals surface area (Å²) >= 11 is 0. The van der Waals surface area contributed by atoms with Gasteiger partial charge in [-0.2, -0.15) is 5.26 Å². The van der Waals surface area contributed by atoms with Crippen LogP contribution in [0.25, 0.3) is 0 Å². The van der Waals surface area contributed by atoms with Crippen molar-refractivity contribution in [3.8, 4) is 6.07 Å². The van der Waals surface area contributed by atoms with Crippen LogP contribution < -0.4 is 11.1 Å². The van der Waals surface area contributed by atoms with E-state index in [1.165, 1.54) is 12.3 Å². The molecule has 7 heteroatoms. The second-order valence-corrected chi connectivity index (χ2v) is 7.07. The van der Waals surface area contributed by atoms with Gasteiger partial charge in [-0.05, 0) is 43.0 Å². The van der Waals surface area contributed by atoms with E-state index in [1.807, 2.05) is 11.0 Å². The highest BCUT2D eigenvalue weighted by Crippen LogP contribution is 2.20. The monoisotopic (exact) mass is 381 g/mol. The number of likely N-dealkylation sites (tertiary alicyclic amines) is 1. The largest absolute Gasteiger partial charge is 0.368 e. The van der Waals surface area contributed by atoms with Gasteiger partial charge in [0.2, 0.25) is 5.91 Å². The Morgan fingerprint density at radius 2 is 2.21 bits per heavy atom. The van der Waals surface area contributed by atoms with E-state index in [1.54, 1.807) is 30.3 Å². The number of halogens is 1. The minimum absolute atomic E-state index is 0.000858. The molecule has 2 unspecified atom stereocenters. The molecule has 146 valence electrons. The lowest BCUT2D eigenvalue weighted by Gasteiger charge is -2.26. The van der Waals surface area contributed by atoms with Gasteiger partial charge in [-0.1, -0.05) is 18.2 Å². The fourth-order valence-electron chi connectivity index (χ4n) is 3.52. The molecule has 1 fully saturated rings. The Balaban J connectivity index is 1.52. The summed E-state index contributed by atoms with van der Waals surface area (Å²) in [6.07, 6.45) is 3.91. The minimum atomic E-state index is -0.418. The number of pyridine rings is 1. The summed E-state index contributed by atoms with van der Waals surface area (Å²) in [4.78, 5) is 18.8. The van der Waals surface area contributed by atoms with Crippen molar-refractivity contribution < 1.29 is 9.18 Å². The highest BCUT2D eigenvalue weighted by molar-refractivity contribution is 5.77. The number of amides is 1. The van der Waals surface area contributed by atoms with E-state index in [0.717, 1.165) is 12.8 Å². The number of aromatic nitrogens is 1. The van der Waals surface area contributed by atoms with E-state index in [2.05, 4.69) is 10.3 Å². The average molecular weight is 381 g/mol. The van der Waals surface area contributed by atoms with Crippen LogP contribution in [0.1, 0.15) is 30.4 Å². The SMILES string of the molecule is N#Cc1ccc(NCC2CCCN2C(=O)CC(N)Cc2ccccc2F)nc1. The van der Waals surface area contributed by atoms with E-state index >= 15 is 0 Å². The summed E-state index contributed by atoms with van der Waals surface area (Å²) in [6, 6.07) is 11.7. The molecule has 6 nitrogen and oxygen atoms in total. The number of hydrogen-bond donors (Lipinski definition) is 2. The van der Waals surface area contributed by atoms with Crippen molar-refractivity contribution in [2.45, 2.75) is 37.8 Å². The van der Waals surface area contributed by atoms with E-state index in [9.17, 15) is 9.18 Å². The molecule has 1 amide bonds. The molecule has 2 heterocycles. The van der Waals surface area contributed by atoms with Crippen LogP contribution in [0.4, 0.5) is 10.2 Å². The van der Waals surface area contributed by atoms with Gasteiger partial charge in [-0.25, -0.2) is 9.37 Å². The molecule has 0 aliphatic carbocycles. The van der Waals surface area contributed by atoms with Crippen LogP contribution in [0.5, 0.6) is 0 Å². The number of benzene rings is 1. The molecule has 1 aliphatic rings. The van der Waals surface area contributed by atoms with Crippen LogP contribution in [0.2, 0.25) is 0 Å². The Hall–Kier alpha value is -2.98. The van der Waals surface area contributed by atoms with Gasteiger partial charge in [0.25, 0.3) is 0 Å². The van der Waals surface area contributed by atoms with Crippen LogP contribution in [0.15, 0.2) is 42.6 Å². The van der Waals surface area contributed by atoms with E-state index in [-0.39, 0.29) is 24.2 Å². The van der Waals surface area contributed by atoms with Gasteiger partial charge in [0.15, 0.2) is 0 Å². The van der Waals surface area contributed by atoms with Crippen LogP contribution in [-0.4, -0.2) is 41.0 Å². The normalized spacial score (nSPS) is 17.2. The Bertz CT molecular complexity index is 849. The minimum Gasteiger partial charge on any atom is -0.368 e. The third-order valence-electron chi connectivity index (χ3n) is 4.99. The number of rotatable bonds is 7. The maximum absolute atomic E-state index is 13.8. The van der Waals surface area contributed by atoms with Gasteiger partial charge in [0.1, 0.15) is 17.7 Å². The molecule has 1 aromatic heterocycles. The Morgan fingerprint density at radius 3 is 2.93 bits per heavy atom. The summed E-state index contributed by atoms with van der Waals surface area (Å²) in [5.41, 5.74) is 7.16. The van der Waals surface area contributed by atoms with Gasteiger partial charge in [0, 0.05) is 37.8 Å². The summed E-state index contributed by atoms with van der Waals surface area (Å²) in [5.74, 6) is 0.388. The molecular formula is C21H24FN5O. The second kappa shape index (κ2) is 9.29. The number of carbonyl (C=O) groups is 1. The summed E-state index contributed by atoms with van der Waals surface area (Å²) in [7, 11) is 0. The van der Waals surface area contributed by atoms with E-state index < -0.39 is 6.04 Å². The van der Waals surface area contributed by atoms with Crippen molar-refractivity contribution >= 4 is 11.7 Å². The molecule has 2 atom stereocenters. The fourth-order valence-corrected chi connectivity index (χ4v) is 3.52. The van der Waals surface area contributed by atoms with E-state index in [4.69, 9.17) is 11.0 Å². The zero-order valence-electron chi connectivity index (χ0n) is 15.6. The quantitative estimate of drug-likeness (QED) is 0.768. The highest BCUT2D eigenvalue weighted by atomic mass is 19.1. The first-order valence-electron chi connectivity index (χ1n) is 9.45. The van der Waals surface area contributed by atoms with Crippen molar-refractivity contribution in [2.75, 3.05) is 18.4 Å². The number of nitrogens with one attached hydrogen (secondary N) is 1. The van der Waals surface area contributed by atoms with Gasteiger partial charge < -0.3 is 16.0 Å². The Kier molecular flexibility index (Phi) is 6.56. The van der Waals surface area contributed by atoms with Gasteiger partial charge in [-0.15, -0.1) is 0 Å². The Morgan fingerprint density at radius 1 is 1.39 bits per heavy atom. The first-order chi connectivity index (χ1) is 13.6. The predicted molar refractivity (Wildman–Crippen MR) is 105 cm³/mol. The lowest BCUT2D eigenvalue weighted by molar-refractivity contribution is -0.132. The molecule has 0 bridgehead atoms. The van der Waals surface area contributed by atoms with Gasteiger partial charge in [-0.3, -0.25) is 4.79 Å². The van der Waals surface area contributed by atoms with E-state index in [0.29, 0.717) is 36.5 Å². The third-order valence-corrected chi connectivity index (χ3v) is 4.99. The van der Waals surface area contributed by atoms with Crippen molar-refractivity contribution in [1.29, 1.82) is 5.26 Å². The lowest BCUT2D eigenvalue weighted by atomic mass is 10.0. The molecule has 3 rings (SSSR count). The number of carbonyl (C=O) groups excluding carboxylic acids is 1. The van der Waals surface area contributed by atoms with Gasteiger partial charge >= 0.3 is 0 Å². The molecule has 3 N–H and O–H groups in total. The molecule has 0 saturated carbocycles. The van der Waals surface area contributed by atoms with Crippen molar-refractivity contribution in [3.63, 3.8) is 0 Å². The van der Waals surface area contributed by atoms with Crippen molar-refractivity contribution in [1.82, 2.24) is 9.88 Å². The molecule has 2 aromatic rings. The van der Waals surface area contributed by atoms with Crippen molar-refractivity contribution in [2.24, 2.45) is 5.73 Å². The van der Waals surface area contributed by atoms with Gasteiger partial charge in [0.05, 0.1) is 5.56 Å². The molecule has 1 aromatic carbocycles. The maximum Gasteiger partial charge on any atom is 0.224 e. The fraction of sp³-hybridized carbons (Fsp3) is 0.381. The molecule has 1 saturated heterocycles. The summed E-state index contributed by atoms with van der Waals surface area (Å²) in [5, 5.41) is 12.0. The summed E-state index contributed by atoms with van der Waals surface area (Å²) in [6.45, 7) is 1.30. The van der Waals surface area contributed by atoms with Crippen LogP contribution in [0, 0.1) is 17.1 Å². The zero-order chi connectivity index (χ0) is 19.9. The lowest BCUT2D eigenvalue weighted by Crippen LogP contribution is -2.42. The average Bonchev–Trinajstić information content (AvgIpc) is 3.17. The summed E-state index contributed by atoms with van der Waals surface area (Å²) < 4.78 is 13.8. The molecule has 28 heavy (non-hydrogen) atoms. The first-order valence-corrected chi connectivity index (χ1v) is 9.45. The van der Waals surface area contributed by atoms with Crippen LogP contribution >= 0.6 is 0 Å². The van der Waals surface area contributed by atoms with Crippen molar-refractivity contribution in [3.05, 3.63) is 59.5 Å². The standard InChI is InChI=1S/C21H24FN5O/c22-19-6-2-1-4-16(19)10-17(24)11-21(28)27-9-3-5-18(27)14-26-20-8-7-15(12-23)13-25-20/h1-2,4,6-8,13,17-18H,3,5,9-11,14,24H2,(H,25,26). The smallest absolute Gasteiger partial charge is 0.224 e. The topological polar surface area (TPSA) is 95.0 Å². The predicted octanol–water partition coefficient (Wildman–Crippen LogP) is 2.46. The first kappa shape index (κ1) is 19.8. The van der Waals surface area contributed by atoms with Crippen LogP contribution in [0.3, 0.4) is 0 Å². The third kappa shape index (κ3) is 5.05. The molecule has 0 radical (unpaired) electrons. The maximum atomic E-state index is 13.8. The second-order valence-electron chi connectivity index (χ2n) is 7.07. The molecular weight excluding hydrogens is 357 g/mol. The number of nitrogens with two attached hydrogens (primary N) is 1. The zero-order valence-corrected chi connectivity index (χ0v) is 15.6. The number of anilines is 1. The molecule has 1 aliphatic heterocycles. The number of hydrogen-bond acceptors (Lipinski definition) is 5. The number of nitriles is 1. The Labute approximate surface area is 164 Å². The number of nitrogens with zero attached hydrogens (tertiary/aromatic N) is 3.